The molecular weight excluding hydrogens is 275 g/mol. The van der Waals surface area contributed by atoms with Gasteiger partial charge in [-0.25, -0.2) is 0 Å². The van der Waals surface area contributed by atoms with Crippen LogP contribution < -0.4 is 0 Å². The summed E-state index contributed by atoms with van der Waals surface area (Å²) < 4.78 is 1.33. The van der Waals surface area contributed by atoms with Crippen molar-refractivity contribution in [2.75, 3.05) is 0 Å². The highest BCUT2D eigenvalue weighted by Gasteiger charge is 2.48. The van der Waals surface area contributed by atoms with Gasteiger partial charge in [-0.05, 0) is 76.9 Å². The molecule has 1 aromatic carbocycles. The van der Waals surface area contributed by atoms with Gasteiger partial charge < -0.3 is 5.11 Å². The average molecular weight is 286 g/mol. The molecule has 1 saturated carbocycles. The molecule has 1 spiro atoms. The summed E-state index contributed by atoms with van der Waals surface area (Å²) in [5, 5.41) is 9.71. The molecular formula is C11H11IO. The molecule has 0 saturated heterocycles. The van der Waals surface area contributed by atoms with E-state index in [-0.39, 0.29) is 0 Å². The second-order valence-electron chi connectivity index (χ2n) is 4.38. The lowest BCUT2D eigenvalue weighted by molar-refractivity contribution is 0.463. The lowest BCUT2D eigenvalue weighted by Crippen LogP contribution is -1.97. The third kappa shape index (κ3) is 1.11. The first-order valence-corrected chi connectivity index (χ1v) is 5.77. The minimum Gasteiger partial charge on any atom is -0.508 e. The third-order valence-electron chi connectivity index (χ3n) is 3.41. The van der Waals surface area contributed by atoms with E-state index in [1.807, 2.05) is 12.1 Å². The smallest absolute Gasteiger partial charge is 0.119 e. The van der Waals surface area contributed by atoms with E-state index in [4.69, 9.17) is 0 Å². The van der Waals surface area contributed by atoms with Gasteiger partial charge in [-0.2, -0.15) is 0 Å². The maximum absolute atomic E-state index is 9.71. The summed E-state index contributed by atoms with van der Waals surface area (Å²) in [7, 11) is 0. The second kappa shape index (κ2) is 2.41. The van der Waals surface area contributed by atoms with Gasteiger partial charge in [0.15, 0.2) is 0 Å². The van der Waals surface area contributed by atoms with Crippen LogP contribution in [0.4, 0.5) is 0 Å². The maximum Gasteiger partial charge on any atom is 0.119 e. The molecule has 0 unspecified atom stereocenters. The minimum absolute atomic E-state index is 0.513. The molecule has 2 heteroatoms. The highest BCUT2D eigenvalue weighted by Crippen LogP contribution is 2.57. The van der Waals surface area contributed by atoms with Crippen molar-refractivity contribution < 1.29 is 5.11 Å². The van der Waals surface area contributed by atoms with E-state index in [0.29, 0.717) is 11.2 Å². The molecule has 2 aliphatic rings. The zero-order chi connectivity index (χ0) is 9.05. The Morgan fingerprint density at radius 3 is 2.46 bits per heavy atom. The van der Waals surface area contributed by atoms with Crippen LogP contribution in [0.5, 0.6) is 5.75 Å². The number of phenols is 1. The standard InChI is InChI=1S/C11H11IO/c12-9-1-2-10(13)8-6-11(3-4-11)5-7(8)9/h1-2,13H,3-6H2. The van der Waals surface area contributed by atoms with Gasteiger partial charge in [0.2, 0.25) is 0 Å². The summed E-state index contributed by atoms with van der Waals surface area (Å²) >= 11 is 2.38. The Kier molecular flexibility index (Phi) is 1.50. The van der Waals surface area contributed by atoms with Crippen LogP contribution in [-0.2, 0) is 12.8 Å². The van der Waals surface area contributed by atoms with Crippen molar-refractivity contribution in [3.05, 3.63) is 26.8 Å². The quantitative estimate of drug-likeness (QED) is 0.727. The van der Waals surface area contributed by atoms with Gasteiger partial charge in [0.25, 0.3) is 0 Å². The van der Waals surface area contributed by atoms with Crippen LogP contribution in [0.3, 0.4) is 0 Å². The van der Waals surface area contributed by atoms with E-state index < -0.39 is 0 Å². The van der Waals surface area contributed by atoms with Crippen LogP contribution in [0.2, 0.25) is 0 Å². The van der Waals surface area contributed by atoms with Gasteiger partial charge in [-0.15, -0.1) is 0 Å². The maximum atomic E-state index is 9.71. The number of phenolic OH excluding ortho intramolecular Hbond substituents is 1. The normalized spacial score (nSPS) is 21.9. The second-order valence-corrected chi connectivity index (χ2v) is 5.54. The molecule has 1 N–H and O–H groups in total. The number of aromatic hydroxyl groups is 1. The van der Waals surface area contributed by atoms with Gasteiger partial charge in [-0.3, -0.25) is 0 Å². The van der Waals surface area contributed by atoms with Crippen LogP contribution in [-0.4, -0.2) is 5.11 Å². The van der Waals surface area contributed by atoms with Crippen molar-refractivity contribution in [1.29, 1.82) is 0 Å². The Morgan fingerprint density at radius 1 is 1.15 bits per heavy atom. The van der Waals surface area contributed by atoms with Crippen LogP contribution >= 0.6 is 22.6 Å². The molecule has 0 aromatic heterocycles. The lowest BCUT2D eigenvalue weighted by Gasteiger charge is -2.03. The van der Waals surface area contributed by atoms with Crippen molar-refractivity contribution in [2.24, 2.45) is 5.41 Å². The number of halogens is 1. The molecule has 0 atom stereocenters. The van der Waals surface area contributed by atoms with Crippen molar-refractivity contribution in [1.82, 2.24) is 0 Å². The monoisotopic (exact) mass is 286 g/mol. The molecule has 68 valence electrons. The average Bonchev–Trinajstić information content (AvgIpc) is 2.70. The Balaban J connectivity index is 2.16. The Morgan fingerprint density at radius 2 is 1.85 bits per heavy atom. The number of hydrogen-bond donors (Lipinski definition) is 1. The van der Waals surface area contributed by atoms with Gasteiger partial charge in [0.05, 0.1) is 0 Å². The number of rotatable bonds is 0. The molecule has 0 aliphatic heterocycles. The molecule has 13 heavy (non-hydrogen) atoms. The SMILES string of the molecule is Oc1ccc(I)c2c1CC1(CC1)C2. The van der Waals surface area contributed by atoms with Crippen molar-refractivity contribution in [2.45, 2.75) is 25.7 Å². The molecule has 1 aromatic rings. The third-order valence-corrected chi connectivity index (χ3v) is 4.42. The number of hydrogen-bond acceptors (Lipinski definition) is 1. The summed E-state index contributed by atoms with van der Waals surface area (Å²) in [5.41, 5.74) is 3.21. The first-order chi connectivity index (χ1) is 6.20. The lowest BCUT2D eigenvalue weighted by atomic mass is 10.0. The predicted molar refractivity (Wildman–Crippen MR) is 59.9 cm³/mol. The summed E-state index contributed by atoms with van der Waals surface area (Å²) in [6.07, 6.45) is 5.04. The molecule has 0 radical (unpaired) electrons. The Labute approximate surface area is 91.3 Å². The van der Waals surface area contributed by atoms with Gasteiger partial charge in [0.1, 0.15) is 5.75 Å². The van der Waals surface area contributed by atoms with Crippen LogP contribution in [0.1, 0.15) is 24.0 Å². The fourth-order valence-corrected chi connectivity index (χ4v) is 3.08. The largest absolute Gasteiger partial charge is 0.508 e. The van der Waals surface area contributed by atoms with Gasteiger partial charge in [0, 0.05) is 3.57 Å². The summed E-state index contributed by atoms with van der Waals surface area (Å²) in [5.74, 6) is 0.513. The van der Waals surface area contributed by atoms with E-state index in [0.717, 1.165) is 6.42 Å². The first kappa shape index (κ1) is 8.09. The highest BCUT2D eigenvalue weighted by atomic mass is 127. The van der Waals surface area contributed by atoms with E-state index in [2.05, 4.69) is 22.6 Å². The van der Waals surface area contributed by atoms with Crippen LogP contribution in [0, 0.1) is 8.99 Å². The fraction of sp³-hybridized carbons (Fsp3) is 0.455. The topological polar surface area (TPSA) is 20.2 Å². The molecule has 0 heterocycles. The summed E-state index contributed by atoms with van der Waals surface area (Å²) in [6, 6.07) is 3.86. The van der Waals surface area contributed by atoms with Gasteiger partial charge >= 0.3 is 0 Å². The van der Waals surface area contributed by atoms with Crippen LogP contribution in [0.15, 0.2) is 12.1 Å². The van der Waals surface area contributed by atoms with E-state index in [1.54, 1.807) is 0 Å². The molecule has 3 rings (SSSR count). The summed E-state index contributed by atoms with van der Waals surface area (Å²) in [4.78, 5) is 0. The number of fused-ring (bicyclic) bond motifs is 1. The molecule has 0 bridgehead atoms. The van der Waals surface area contributed by atoms with E-state index in [9.17, 15) is 5.11 Å². The highest BCUT2D eigenvalue weighted by molar-refractivity contribution is 14.1. The Bertz CT molecular complexity index is 347. The predicted octanol–water partition coefficient (Wildman–Crippen LogP) is 2.88. The first-order valence-electron chi connectivity index (χ1n) is 4.69. The number of benzene rings is 1. The molecule has 1 fully saturated rings. The van der Waals surface area contributed by atoms with Crippen molar-refractivity contribution in [3.63, 3.8) is 0 Å². The summed E-state index contributed by atoms with van der Waals surface area (Å²) in [6.45, 7) is 0. The van der Waals surface area contributed by atoms with Crippen LogP contribution in [0.25, 0.3) is 0 Å². The molecule has 0 amide bonds. The molecule has 1 nitrogen and oxygen atoms in total. The fourth-order valence-electron chi connectivity index (χ4n) is 2.38. The minimum atomic E-state index is 0.513. The van der Waals surface area contributed by atoms with E-state index >= 15 is 0 Å². The van der Waals surface area contributed by atoms with E-state index in [1.165, 1.54) is 34.0 Å². The zero-order valence-corrected chi connectivity index (χ0v) is 9.47. The molecule has 2 aliphatic carbocycles. The zero-order valence-electron chi connectivity index (χ0n) is 7.31. The van der Waals surface area contributed by atoms with Crippen molar-refractivity contribution >= 4 is 22.6 Å². The van der Waals surface area contributed by atoms with Gasteiger partial charge in [-0.1, -0.05) is 0 Å². The van der Waals surface area contributed by atoms with Crippen molar-refractivity contribution in [3.8, 4) is 5.75 Å². The Hall–Kier alpha value is -0.250.